The second kappa shape index (κ2) is 7.85. The summed E-state index contributed by atoms with van der Waals surface area (Å²) in [5.41, 5.74) is 3.43. The number of aryl methyl sites for hydroxylation is 2. The number of hydrogen-bond acceptors (Lipinski definition) is 4. The molecule has 1 saturated heterocycles. The molecule has 0 unspecified atom stereocenters. The van der Waals surface area contributed by atoms with E-state index in [2.05, 4.69) is 10.3 Å². The van der Waals surface area contributed by atoms with Gasteiger partial charge in [-0.25, -0.2) is 8.42 Å². The Morgan fingerprint density at radius 2 is 2.11 bits per heavy atom. The summed E-state index contributed by atoms with van der Waals surface area (Å²) < 4.78 is 32.5. The van der Waals surface area contributed by atoms with Crippen LogP contribution in [-0.4, -0.2) is 56.5 Å². The lowest BCUT2D eigenvalue weighted by molar-refractivity contribution is -0.121. The SMILES string of the molecule is CN(CC(=O)NC[C@@H]1CCCO1)S(=O)(=O)c1ccc2[nH]c3c(c2c1)CCCC3. The van der Waals surface area contributed by atoms with Crippen LogP contribution in [0, 0.1) is 0 Å². The highest BCUT2D eigenvalue weighted by Gasteiger charge is 2.25. The smallest absolute Gasteiger partial charge is 0.243 e. The summed E-state index contributed by atoms with van der Waals surface area (Å²) >= 11 is 0. The molecule has 2 N–H and O–H groups in total. The Bertz CT molecular complexity index is 977. The van der Waals surface area contributed by atoms with Crippen molar-refractivity contribution in [2.45, 2.75) is 49.5 Å². The van der Waals surface area contributed by atoms with Crippen LogP contribution in [0.1, 0.15) is 36.9 Å². The second-order valence-corrected chi connectivity index (χ2v) is 9.74. The summed E-state index contributed by atoms with van der Waals surface area (Å²) in [4.78, 5) is 15.8. The lowest BCUT2D eigenvalue weighted by atomic mass is 9.96. The average molecular weight is 406 g/mol. The Balaban J connectivity index is 1.48. The summed E-state index contributed by atoms with van der Waals surface area (Å²) in [7, 11) is -2.30. The summed E-state index contributed by atoms with van der Waals surface area (Å²) in [5, 5.41) is 3.75. The van der Waals surface area contributed by atoms with E-state index < -0.39 is 10.0 Å². The third-order valence-corrected chi connectivity index (χ3v) is 7.49. The van der Waals surface area contributed by atoms with Gasteiger partial charge < -0.3 is 15.0 Å². The number of likely N-dealkylation sites (N-methyl/N-ethyl adjacent to an activating group) is 1. The minimum atomic E-state index is -3.74. The van der Waals surface area contributed by atoms with Crippen LogP contribution >= 0.6 is 0 Å². The van der Waals surface area contributed by atoms with Gasteiger partial charge in [0.15, 0.2) is 0 Å². The number of aromatic amines is 1. The van der Waals surface area contributed by atoms with Crippen LogP contribution < -0.4 is 5.32 Å². The second-order valence-electron chi connectivity index (χ2n) is 7.70. The first-order valence-electron chi connectivity index (χ1n) is 9.93. The number of aromatic nitrogens is 1. The number of fused-ring (bicyclic) bond motifs is 3. The Morgan fingerprint density at radius 1 is 1.29 bits per heavy atom. The first kappa shape index (κ1) is 19.4. The van der Waals surface area contributed by atoms with Gasteiger partial charge in [-0.05, 0) is 62.3 Å². The van der Waals surface area contributed by atoms with Crippen molar-refractivity contribution in [3.63, 3.8) is 0 Å². The highest BCUT2D eigenvalue weighted by Crippen LogP contribution is 2.31. The van der Waals surface area contributed by atoms with Gasteiger partial charge in [0.1, 0.15) is 0 Å². The number of carbonyl (C=O) groups excluding carboxylic acids is 1. The van der Waals surface area contributed by atoms with Crippen molar-refractivity contribution in [1.29, 1.82) is 0 Å². The number of benzene rings is 1. The molecule has 28 heavy (non-hydrogen) atoms. The number of H-pyrrole nitrogens is 1. The third kappa shape index (κ3) is 3.81. The Morgan fingerprint density at radius 3 is 2.89 bits per heavy atom. The van der Waals surface area contributed by atoms with Crippen molar-refractivity contribution in [2.24, 2.45) is 0 Å². The van der Waals surface area contributed by atoms with E-state index in [4.69, 9.17) is 4.74 Å². The topological polar surface area (TPSA) is 91.5 Å². The van der Waals surface area contributed by atoms with Crippen LogP contribution in [0.3, 0.4) is 0 Å². The molecule has 1 aliphatic carbocycles. The largest absolute Gasteiger partial charge is 0.376 e. The maximum absolute atomic E-state index is 13.0. The minimum absolute atomic E-state index is 0.0352. The van der Waals surface area contributed by atoms with E-state index in [0.29, 0.717) is 6.54 Å². The Kier molecular flexibility index (Phi) is 5.44. The van der Waals surface area contributed by atoms with E-state index in [1.54, 1.807) is 12.1 Å². The maximum Gasteiger partial charge on any atom is 0.243 e. The lowest BCUT2D eigenvalue weighted by Crippen LogP contribution is -2.40. The number of amides is 1. The summed E-state index contributed by atoms with van der Waals surface area (Å²) in [6, 6.07) is 5.18. The lowest BCUT2D eigenvalue weighted by Gasteiger charge is -2.18. The van der Waals surface area contributed by atoms with E-state index in [0.717, 1.165) is 60.3 Å². The molecular weight excluding hydrogens is 378 g/mol. The molecule has 1 atom stereocenters. The number of ether oxygens (including phenoxy) is 1. The molecule has 1 aromatic carbocycles. The third-order valence-electron chi connectivity index (χ3n) is 5.69. The van der Waals surface area contributed by atoms with Gasteiger partial charge in [-0.3, -0.25) is 4.79 Å². The molecule has 0 saturated carbocycles. The average Bonchev–Trinajstić information content (AvgIpc) is 3.33. The van der Waals surface area contributed by atoms with Gasteiger partial charge in [-0.2, -0.15) is 4.31 Å². The van der Waals surface area contributed by atoms with Crippen molar-refractivity contribution in [3.05, 3.63) is 29.5 Å². The number of carbonyl (C=O) groups is 1. The van der Waals surface area contributed by atoms with Crippen LogP contribution in [0.25, 0.3) is 10.9 Å². The van der Waals surface area contributed by atoms with E-state index in [-0.39, 0.29) is 23.5 Å². The number of rotatable bonds is 6. The van der Waals surface area contributed by atoms with Crippen LogP contribution in [0.2, 0.25) is 0 Å². The number of sulfonamides is 1. The first-order chi connectivity index (χ1) is 13.4. The van der Waals surface area contributed by atoms with Crippen LogP contribution in [0.15, 0.2) is 23.1 Å². The van der Waals surface area contributed by atoms with Gasteiger partial charge >= 0.3 is 0 Å². The van der Waals surface area contributed by atoms with Gasteiger partial charge in [0.2, 0.25) is 15.9 Å². The molecule has 7 nitrogen and oxygen atoms in total. The molecule has 0 spiro atoms. The molecule has 8 heteroatoms. The molecule has 1 aromatic heterocycles. The zero-order valence-electron chi connectivity index (χ0n) is 16.2. The van der Waals surface area contributed by atoms with Crippen LogP contribution in [0.5, 0.6) is 0 Å². The van der Waals surface area contributed by atoms with Crippen molar-refractivity contribution in [2.75, 3.05) is 26.7 Å². The molecule has 1 fully saturated rings. The van der Waals surface area contributed by atoms with Gasteiger partial charge in [0.05, 0.1) is 17.5 Å². The fourth-order valence-corrected chi connectivity index (χ4v) is 5.26. The predicted molar refractivity (Wildman–Crippen MR) is 107 cm³/mol. The highest BCUT2D eigenvalue weighted by molar-refractivity contribution is 7.89. The van der Waals surface area contributed by atoms with Crippen molar-refractivity contribution in [3.8, 4) is 0 Å². The van der Waals surface area contributed by atoms with Crippen molar-refractivity contribution < 1.29 is 17.9 Å². The first-order valence-corrected chi connectivity index (χ1v) is 11.4. The molecule has 2 aromatic rings. The highest BCUT2D eigenvalue weighted by atomic mass is 32.2. The molecule has 2 heterocycles. The van der Waals surface area contributed by atoms with Gasteiger partial charge in [-0.1, -0.05) is 0 Å². The molecule has 1 aliphatic heterocycles. The zero-order valence-corrected chi connectivity index (χ0v) is 17.0. The van der Waals surface area contributed by atoms with E-state index in [1.807, 2.05) is 6.07 Å². The molecule has 1 amide bonds. The number of nitrogens with zero attached hydrogens (tertiary/aromatic N) is 1. The number of hydrogen-bond donors (Lipinski definition) is 2. The van der Waals surface area contributed by atoms with E-state index >= 15 is 0 Å². The fourth-order valence-electron chi connectivity index (χ4n) is 4.10. The Labute approximate surface area is 165 Å². The van der Waals surface area contributed by atoms with Crippen molar-refractivity contribution >= 4 is 26.8 Å². The molecule has 0 bridgehead atoms. The van der Waals surface area contributed by atoms with Crippen molar-refractivity contribution in [1.82, 2.24) is 14.6 Å². The molecule has 152 valence electrons. The number of nitrogens with one attached hydrogen (secondary N) is 2. The maximum atomic E-state index is 13.0. The molecule has 2 aliphatic rings. The standard InChI is InChI=1S/C20H27N3O4S/c1-23(13-20(24)21-12-14-5-4-10-27-14)28(25,26)15-8-9-19-17(11-15)16-6-2-3-7-18(16)22-19/h8-9,11,14,22H,2-7,10,12-13H2,1H3,(H,21,24)/t14-/m0/s1. The van der Waals surface area contributed by atoms with Crippen LogP contribution in [-0.2, 0) is 32.4 Å². The van der Waals surface area contributed by atoms with Gasteiger partial charge in [0.25, 0.3) is 0 Å². The van der Waals surface area contributed by atoms with Gasteiger partial charge in [0, 0.05) is 36.8 Å². The normalized spacial score (nSPS) is 19.9. The monoisotopic (exact) mass is 405 g/mol. The van der Waals surface area contributed by atoms with E-state index in [1.165, 1.54) is 18.3 Å². The van der Waals surface area contributed by atoms with Gasteiger partial charge in [-0.15, -0.1) is 0 Å². The molecule has 4 rings (SSSR count). The Hall–Kier alpha value is -1.90. The quantitative estimate of drug-likeness (QED) is 0.769. The minimum Gasteiger partial charge on any atom is -0.376 e. The van der Waals surface area contributed by atoms with Crippen LogP contribution in [0.4, 0.5) is 0 Å². The molecular formula is C20H27N3O4S. The van der Waals surface area contributed by atoms with E-state index in [9.17, 15) is 13.2 Å². The zero-order chi connectivity index (χ0) is 19.7. The summed E-state index contributed by atoms with van der Waals surface area (Å²) in [6.07, 6.45) is 6.23. The predicted octanol–water partition coefficient (Wildman–Crippen LogP) is 1.96. The summed E-state index contributed by atoms with van der Waals surface area (Å²) in [6.45, 7) is 0.937. The fraction of sp³-hybridized carbons (Fsp3) is 0.550. The molecule has 0 radical (unpaired) electrons. The summed E-state index contributed by atoms with van der Waals surface area (Å²) in [5.74, 6) is -0.318.